The Labute approximate surface area is 149 Å². The lowest BCUT2D eigenvalue weighted by Crippen LogP contribution is -1.95. The molecule has 0 aliphatic rings. The fourth-order valence-electron chi connectivity index (χ4n) is 2.33. The van der Waals surface area contributed by atoms with Gasteiger partial charge >= 0.3 is 5.97 Å². The summed E-state index contributed by atoms with van der Waals surface area (Å²) in [5.41, 5.74) is 3.51. The molecule has 1 N–H and O–H groups in total. The minimum atomic E-state index is -0.934. The monoisotopic (exact) mass is 336 g/mol. The average Bonchev–Trinajstić information content (AvgIpc) is 2.63. The van der Waals surface area contributed by atoms with Gasteiger partial charge in [0.15, 0.2) is 0 Å². The molecule has 2 aromatic rings. The number of rotatable bonds is 9. The van der Waals surface area contributed by atoms with E-state index < -0.39 is 5.97 Å². The normalized spacial score (nSPS) is 11.2. The molecular weight excluding hydrogens is 312 g/mol. The minimum Gasteiger partial charge on any atom is -0.494 e. The van der Waals surface area contributed by atoms with Gasteiger partial charge in [-0.05, 0) is 41.7 Å². The number of carboxylic acids is 1. The molecule has 0 spiro atoms. The van der Waals surface area contributed by atoms with Crippen molar-refractivity contribution in [3.8, 4) is 16.9 Å². The van der Waals surface area contributed by atoms with E-state index in [9.17, 15) is 4.79 Å². The topological polar surface area (TPSA) is 46.5 Å². The first-order valence-corrected chi connectivity index (χ1v) is 8.57. The summed E-state index contributed by atoms with van der Waals surface area (Å²) in [6.07, 6.45) is 9.32. The lowest BCUT2D eigenvalue weighted by atomic mass is 10.0. The summed E-state index contributed by atoms with van der Waals surface area (Å²) in [7, 11) is 0. The summed E-state index contributed by atoms with van der Waals surface area (Å²) in [6.45, 7) is 2.92. The van der Waals surface area contributed by atoms with Gasteiger partial charge in [-0.3, -0.25) is 0 Å². The number of benzene rings is 2. The largest absolute Gasteiger partial charge is 0.494 e. The Bertz CT molecular complexity index is 710. The van der Waals surface area contributed by atoms with Gasteiger partial charge in [0.1, 0.15) is 5.75 Å². The van der Waals surface area contributed by atoms with Crippen LogP contribution in [0.3, 0.4) is 0 Å². The van der Waals surface area contributed by atoms with Crippen molar-refractivity contribution in [3.05, 3.63) is 78.4 Å². The van der Waals surface area contributed by atoms with E-state index in [0.29, 0.717) is 0 Å². The highest BCUT2D eigenvalue weighted by Crippen LogP contribution is 2.23. The molecule has 2 aromatic carbocycles. The Morgan fingerprint density at radius 2 is 1.64 bits per heavy atom. The van der Waals surface area contributed by atoms with Gasteiger partial charge in [0.05, 0.1) is 6.61 Å². The fraction of sp³-hybridized carbons (Fsp3) is 0.227. The molecule has 0 heterocycles. The maximum absolute atomic E-state index is 10.4. The van der Waals surface area contributed by atoms with Crippen LogP contribution in [0.1, 0.15) is 25.3 Å². The smallest absolute Gasteiger partial charge is 0.328 e. The number of carbonyl (C=O) groups is 1. The summed E-state index contributed by atoms with van der Waals surface area (Å²) >= 11 is 0. The zero-order valence-corrected chi connectivity index (χ0v) is 14.5. The highest BCUT2D eigenvalue weighted by molar-refractivity contribution is 5.80. The van der Waals surface area contributed by atoms with E-state index in [0.717, 1.165) is 43.3 Å². The molecule has 0 aliphatic heterocycles. The van der Waals surface area contributed by atoms with Crippen LogP contribution in [0.4, 0.5) is 0 Å². The van der Waals surface area contributed by atoms with Crippen LogP contribution >= 0.6 is 0 Å². The van der Waals surface area contributed by atoms with Crippen molar-refractivity contribution in [2.45, 2.75) is 26.2 Å². The number of hydrogen-bond acceptors (Lipinski definition) is 2. The van der Waals surface area contributed by atoms with Gasteiger partial charge in [-0.15, -0.1) is 0 Å². The van der Waals surface area contributed by atoms with E-state index in [4.69, 9.17) is 9.84 Å². The van der Waals surface area contributed by atoms with Gasteiger partial charge in [0.25, 0.3) is 0 Å². The highest BCUT2D eigenvalue weighted by Gasteiger charge is 1.99. The summed E-state index contributed by atoms with van der Waals surface area (Å²) in [5.74, 6) is -0.0239. The standard InChI is InChI=1S/C22H24O3/c1-2-3-17-25-21-15-13-20(14-16-21)19-11-9-18(10-12-19)7-5-4-6-8-22(23)24/h4-6,8-16H,2-3,7,17H2,1H3,(H,23,24)/b5-4+,8-6+. The van der Waals surface area contributed by atoms with E-state index in [-0.39, 0.29) is 0 Å². The summed E-state index contributed by atoms with van der Waals surface area (Å²) < 4.78 is 5.69. The second kappa shape index (κ2) is 10.1. The number of carboxylic acid groups (broad SMARTS) is 1. The predicted octanol–water partition coefficient (Wildman–Crippen LogP) is 5.27. The third-order valence-corrected chi connectivity index (χ3v) is 3.75. The maximum Gasteiger partial charge on any atom is 0.328 e. The maximum atomic E-state index is 10.4. The molecule has 0 radical (unpaired) electrons. The summed E-state index contributed by atoms with van der Waals surface area (Å²) in [5, 5.41) is 8.51. The molecule has 0 unspecified atom stereocenters. The molecule has 0 amide bonds. The second-order valence-electron chi connectivity index (χ2n) is 5.75. The number of hydrogen-bond donors (Lipinski definition) is 1. The van der Waals surface area contributed by atoms with Crippen LogP contribution in [0.2, 0.25) is 0 Å². The van der Waals surface area contributed by atoms with E-state index in [1.165, 1.54) is 17.2 Å². The molecule has 0 bridgehead atoms. The minimum absolute atomic E-state index is 0.764. The van der Waals surface area contributed by atoms with Gasteiger partial charge in [-0.2, -0.15) is 0 Å². The van der Waals surface area contributed by atoms with Crippen molar-refractivity contribution < 1.29 is 14.6 Å². The quantitative estimate of drug-likeness (QED) is 0.385. The first-order chi connectivity index (χ1) is 12.2. The first kappa shape index (κ1) is 18.5. The van der Waals surface area contributed by atoms with Crippen LogP contribution in [-0.4, -0.2) is 17.7 Å². The van der Waals surface area contributed by atoms with Crippen molar-refractivity contribution in [2.24, 2.45) is 0 Å². The predicted molar refractivity (Wildman–Crippen MR) is 102 cm³/mol. The van der Waals surface area contributed by atoms with Crippen LogP contribution in [0.5, 0.6) is 5.75 Å². The van der Waals surface area contributed by atoms with Crippen molar-refractivity contribution >= 4 is 5.97 Å². The van der Waals surface area contributed by atoms with Gasteiger partial charge in [0, 0.05) is 6.08 Å². The molecule has 0 aliphatic carbocycles. The molecule has 130 valence electrons. The molecule has 0 atom stereocenters. The van der Waals surface area contributed by atoms with E-state index >= 15 is 0 Å². The number of allylic oxidation sites excluding steroid dienone is 3. The molecule has 0 fully saturated rings. The molecule has 0 saturated carbocycles. The third-order valence-electron chi connectivity index (χ3n) is 3.75. The SMILES string of the molecule is CCCCOc1ccc(-c2ccc(C/C=C/C=C/C(=O)O)cc2)cc1. The lowest BCUT2D eigenvalue weighted by molar-refractivity contribution is -0.131. The zero-order chi connectivity index (χ0) is 17.9. The van der Waals surface area contributed by atoms with E-state index in [1.807, 2.05) is 18.2 Å². The summed E-state index contributed by atoms with van der Waals surface area (Å²) in [4.78, 5) is 10.4. The Morgan fingerprint density at radius 3 is 2.24 bits per heavy atom. The van der Waals surface area contributed by atoms with Gasteiger partial charge in [0.2, 0.25) is 0 Å². The van der Waals surface area contributed by atoms with Crippen molar-refractivity contribution in [1.29, 1.82) is 0 Å². The van der Waals surface area contributed by atoms with E-state index in [1.54, 1.807) is 6.08 Å². The molecule has 25 heavy (non-hydrogen) atoms. The van der Waals surface area contributed by atoms with Crippen LogP contribution in [0, 0.1) is 0 Å². The second-order valence-corrected chi connectivity index (χ2v) is 5.75. The Kier molecular flexibility index (Phi) is 7.51. The Hall–Kier alpha value is -2.81. The van der Waals surface area contributed by atoms with E-state index in [2.05, 4.69) is 43.3 Å². The highest BCUT2D eigenvalue weighted by atomic mass is 16.5. The van der Waals surface area contributed by atoms with Crippen LogP contribution in [0.15, 0.2) is 72.8 Å². The zero-order valence-electron chi connectivity index (χ0n) is 14.5. The Balaban J connectivity index is 1.91. The van der Waals surface area contributed by atoms with Crippen LogP contribution in [-0.2, 0) is 11.2 Å². The van der Waals surface area contributed by atoms with Crippen molar-refractivity contribution in [2.75, 3.05) is 6.61 Å². The molecule has 3 nitrogen and oxygen atoms in total. The Morgan fingerprint density at radius 1 is 1.00 bits per heavy atom. The fourth-order valence-corrected chi connectivity index (χ4v) is 2.33. The van der Waals surface area contributed by atoms with Gasteiger partial charge in [-0.25, -0.2) is 4.79 Å². The summed E-state index contributed by atoms with van der Waals surface area (Å²) in [6, 6.07) is 16.6. The van der Waals surface area contributed by atoms with Crippen LogP contribution in [0.25, 0.3) is 11.1 Å². The number of aliphatic carboxylic acids is 1. The average molecular weight is 336 g/mol. The molecule has 0 saturated heterocycles. The number of unbranched alkanes of at least 4 members (excludes halogenated alkanes) is 1. The third kappa shape index (κ3) is 6.68. The van der Waals surface area contributed by atoms with Crippen molar-refractivity contribution in [3.63, 3.8) is 0 Å². The molecule has 2 rings (SSSR count). The van der Waals surface area contributed by atoms with Gasteiger partial charge < -0.3 is 9.84 Å². The van der Waals surface area contributed by atoms with Crippen LogP contribution < -0.4 is 4.74 Å². The molecule has 0 aromatic heterocycles. The van der Waals surface area contributed by atoms with Crippen molar-refractivity contribution in [1.82, 2.24) is 0 Å². The first-order valence-electron chi connectivity index (χ1n) is 8.57. The number of ether oxygens (including phenoxy) is 1. The lowest BCUT2D eigenvalue weighted by Gasteiger charge is -2.07. The molecular formula is C22H24O3. The van der Waals surface area contributed by atoms with Gasteiger partial charge in [-0.1, -0.05) is 68.0 Å². The molecule has 3 heteroatoms.